The number of carbonyl (C=O) groups excluding carboxylic acids is 1. The average molecular weight is 454 g/mol. The molecule has 0 radical (unpaired) electrons. The smallest absolute Gasteiger partial charge is 0.353 e. The summed E-state index contributed by atoms with van der Waals surface area (Å²) in [7, 11) is -2.36. The van der Waals surface area contributed by atoms with Gasteiger partial charge in [-0.15, -0.1) is 0 Å². The van der Waals surface area contributed by atoms with Crippen molar-refractivity contribution in [1.82, 2.24) is 4.31 Å². The highest BCUT2D eigenvalue weighted by Gasteiger charge is 2.40. The number of methoxy groups -OCH3 is 1. The number of rotatable bonds is 6. The Morgan fingerprint density at radius 2 is 1.84 bits per heavy atom. The van der Waals surface area contributed by atoms with Crippen LogP contribution in [0.2, 0.25) is 0 Å². The zero-order chi connectivity index (χ0) is 22.7. The van der Waals surface area contributed by atoms with Crippen LogP contribution in [0.3, 0.4) is 0 Å². The summed E-state index contributed by atoms with van der Waals surface area (Å²) in [5.74, 6) is -0.202. The van der Waals surface area contributed by atoms with Crippen molar-refractivity contribution in [1.29, 1.82) is 0 Å². The lowest BCUT2D eigenvalue weighted by Gasteiger charge is -2.22. The molecule has 3 aromatic carbocycles. The molecule has 1 aliphatic heterocycles. The van der Waals surface area contributed by atoms with Gasteiger partial charge in [0.15, 0.2) is 5.84 Å². The number of oxime groups is 1. The van der Waals surface area contributed by atoms with Crippen molar-refractivity contribution in [3.05, 3.63) is 72.3 Å². The summed E-state index contributed by atoms with van der Waals surface area (Å²) < 4.78 is 32.9. The van der Waals surface area contributed by atoms with Gasteiger partial charge in [-0.1, -0.05) is 47.6 Å². The standard InChI is InChI=1S/C23H23N3O5S/c1-30-19-9-4-8-18(14-19)22(24)25-31-23(27)21-10-5-13-26(21)32(28,29)20-12-11-16-6-2-3-7-17(16)15-20/h2-4,6-9,11-12,14-15,21H,5,10,13H2,1H3,(H2,24,25)/t21-/m1/s1. The largest absolute Gasteiger partial charge is 0.497 e. The molecule has 2 N–H and O–H groups in total. The highest BCUT2D eigenvalue weighted by molar-refractivity contribution is 7.89. The third kappa shape index (κ3) is 4.30. The van der Waals surface area contributed by atoms with Gasteiger partial charge in [-0.3, -0.25) is 0 Å². The Hall–Kier alpha value is -3.43. The van der Waals surface area contributed by atoms with Gasteiger partial charge in [-0.25, -0.2) is 13.2 Å². The number of fused-ring (bicyclic) bond motifs is 1. The first-order chi connectivity index (χ1) is 15.4. The summed E-state index contributed by atoms with van der Waals surface area (Å²) in [6.45, 7) is 0.226. The number of benzene rings is 3. The van der Waals surface area contributed by atoms with E-state index in [1.807, 2.05) is 24.3 Å². The Kier molecular flexibility index (Phi) is 6.11. The van der Waals surface area contributed by atoms with Crippen molar-refractivity contribution in [3.63, 3.8) is 0 Å². The molecule has 1 heterocycles. The van der Waals surface area contributed by atoms with Crippen LogP contribution in [0.25, 0.3) is 10.8 Å². The lowest BCUT2D eigenvalue weighted by molar-refractivity contribution is -0.147. The first kappa shape index (κ1) is 21.8. The first-order valence-corrected chi connectivity index (χ1v) is 11.5. The minimum atomic E-state index is -3.89. The van der Waals surface area contributed by atoms with Gasteiger partial charge in [-0.05, 0) is 47.9 Å². The Balaban J connectivity index is 1.53. The number of nitrogens with two attached hydrogens (primary N) is 1. The van der Waals surface area contributed by atoms with Gasteiger partial charge >= 0.3 is 5.97 Å². The van der Waals surface area contributed by atoms with Crippen molar-refractivity contribution in [2.45, 2.75) is 23.8 Å². The maximum absolute atomic E-state index is 13.3. The molecule has 0 amide bonds. The van der Waals surface area contributed by atoms with Crippen LogP contribution in [0.5, 0.6) is 5.75 Å². The lowest BCUT2D eigenvalue weighted by Crippen LogP contribution is -2.41. The molecular weight excluding hydrogens is 430 g/mol. The molecule has 0 aromatic heterocycles. The van der Waals surface area contributed by atoms with Crippen LogP contribution in [-0.2, 0) is 19.7 Å². The van der Waals surface area contributed by atoms with E-state index in [4.69, 9.17) is 15.3 Å². The number of hydrogen-bond acceptors (Lipinski definition) is 6. The summed E-state index contributed by atoms with van der Waals surface area (Å²) in [5, 5.41) is 5.46. The quantitative estimate of drug-likeness (QED) is 0.266. The molecule has 166 valence electrons. The molecule has 9 heteroatoms. The maximum Gasteiger partial charge on any atom is 0.353 e. The predicted molar refractivity (Wildman–Crippen MR) is 121 cm³/mol. The van der Waals surface area contributed by atoms with E-state index in [0.29, 0.717) is 24.2 Å². The molecule has 1 aliphatic rings. The van der Waals surface area contributed by atoms with Gasteiger partial charge in [0.2, 0.25) is 10.0 Å². The van der Waals surface area contributed by atoms with Crippen LogP contribution in [0.1, 0.15) is 18.4 Å². The number of ether oxygens (including phenoxy) is 1. The maximum atomic E-state index is 13.3. The molecule has 0 saturated carbocycles. The number of hydrogen-bond donors (Lipinski definition) is 1. The van der Waals surface area contributed by atoms with Crippen molar-refractivity contribution >= 4 is 32.6 Å². The molecule has 1 saturated heterocycles. The van der Waals surface area contributed by atoms with E-state index in [2.05, 4.69) is 5.16 Å². The van der Waals surface area contributed by atoms with E-state index in [1.54, 1.807) is 42.5 Å². The number of amidine groups is 1. The monoisotopic (exact) mass is 453 g/mol. The zero-order valence-electron chi connectivity index (χ0n) is 17.5. The summed E-state index contributed by atoms with van der Waals surface area (Å²) in [6, 6.07) is 18.3. The van der Waals surface area contributed by atoms with E-state index >= 15 is 0 Å². The van der Waals surface area contributed by atoms with Crippen LogP contribution < -0.4 is 10.5 Å². The van der Waals surface area contributed by atoms with Crippen molar-refractivity contribution in [2.24, 2.45) is 10.9 Å². The molecule has 4 rings (SSSR count). The normalized spacial score (nSPS) is 17.4. The molecule has 32 heavy (non-hydrogen) atoms. The summed E-state index contributed by atoms with van der Waals surface area (Å²) in [6.07, 6.45) is 0.891. The molecule has 0 bridgehead atoms. The van der Waals surface area contributed by atoms with Crippen molar-refractivity contribution in [3.8, 4) is 5.75 Å². The van der Waals surface area contributed by atoms with Crippen LogP contribution in [-0.4, -0.2) is 44.2 Å². The molecule has 0 aliphatic carbocycles. The molecule has 0 unspecified atom stereocenters. The van der Waals surface area contributed by atoms with Gasteiger partial charge < -0.3 is 15.3 Å². The van der Waals surface area contributed by atoms with Crippen LogP contribution in [0.15, 0.2) is 76.8 Å². The number of nitrogens with zero attached hydrogens (tertiary/aromatic N) is 2. The predicted octanol–water partition coefficient (Wildman–Crippen LogP) is 2.87. The minimum Gasteiger partial charge on any atom is -0.497 e. The Bertz CT molecular complexity index is 1290. The molecule has 1 fully saturated rings. The summed E-state index contributed by atoms with van der Waals surface area (Å²) in [4.78, 5) is 17.8. The highest BCUT2D eigenvalue weighted by Crippen LogP contribution is 2.29. The van der Waals surface area contributed by atoms with E-state index < -0.39 is 22.0 Å². The van der Waals surface area contributed by atoms with E-state index in [1.165, 1.54) is 11.4 Å². The molecule has 3 aromatic rings. The second kappa shape index (κ2) is 8.97. The highest BCUT2D eigenvalue weighted by atomic mass is 32.2. The topological polar surface area (TPSA) is 111 Å². The van der Waals surface area contributed by atoms with Gasteiger partial charge in [0, 0.05) is 12.1 Å². The summed E-state index contributed by atoms with van der Waals surface area (Å²) >= 11 is 0. The second-order valence-electron chi connectivity index (χ2n) is 7.40. The first-order valence-electron chi connectivity index (χ1n) is 10.1. The van der Waals surface area contributed by atoms with Gasteiger partial charge in [0.1, 0.15) is 11.8 Å². The van der Waals surface area contributed by atoms with Crippen molar-refractivity contribution in [2.75, 3.05) is 13.7 Å². The van der Waals surface area contributed by atoms with Gasteiger partial charge in [-0.2, -0.15) is 4.31 Å². The van der Waals surface area contributed by atoms with Gasteiger partial charge in [0.05, 0.1) is 12.0 Å². The van der Waals surface area contributed by atoms with Crippen LogP contribution in [0.4, 0.5) is 0 Å². The third-order valence-corrected chi connectivity index (χ3v) is 7.31. The van der Waals surface area contributed by atoms with E-state index in [9.17, 15) is 13.2 Å². The lowest BCUT2D eigenvalue weighted by atomic mass is 10.1. The Morgan fingerprint density at radius 3 is 2.62 bits per heavy atom. The number of sulfonamides is 1. The van der Waals surface area contributed by atoms with E-state index in [-0.39, 0.29) is 17.3 Å². The fourth-order valence-electron chi connectivity index (χ4n) is 3.72. The fourth-order valence-corrected chi connectivity index (χ4v) is 5.40. The minimum absolute atomic E-state index is 0.0146. The molecule has 8 nitrogen and oxygen atoms in total. The average Bonchev–Trinajstić information content (AvgIpc) is 3.33. The fraction of sp³-hybridized carbons (Fsp3) is 0.217. The zero-order valence-corrected chi connectivity index (χ0v) is 18.3. The van der Waals surface area contributed by atoms with Crippen molar-refractivity contribution < 1.29 is 22.8 Å². The van der Waals surface area contributed by atoms with Crippen LogP contribution >= 0.6 is 0 Å². The Labute approximate surface area is 186 Å². The summed E-state index contributed by atoms with van der Waals surface area (Å²) in [5.41, 5.74) is 6.43. The van der Waals surface area contributed by atoms with E-state index in [0.717, 1.165) is 10.8 Å². The Morgan fingerprint density at radius 1 is 1.06 bits per heavy atom. The number of carbonyl (C=O) groups is 1. The SMILES string of the molecule is COc1cccc(/C(N)=N/OC(=O)[C@H]2CCCN2S(=O)(=O)c2ccc3ccccc3c2)c1. The molecular formula is C23H23N3O5S. The molecule has 0 spiro atoms. The third-order valence-electron chi connectivity index (χ3n) is 5.40. The van der Waals surface area contributed by atoms with Crippen LogP contribution in [0, 0.1) is 0 Å². The molecule has 1 atom stereocenters. The van der Waals surface area contributed by atoms with Gasteiger partial charge in [0.25, 0.3) is 0 Å². The second-order valence-corrected chi connectivity index (χ2v) is 9.29.